The molecular weight excluding hydrogens is 534 g/mol. The summed E-state index contributed by atoms with van der Waals surface area (Å²) in [6, 6.07) is 6.90. The topological polar surface area (TPSA) is 48.9 Å². The number of hydrogen-bond donors (Lipinski definition) is 0. The first-order valence-corrected chi connectivity index (χ1v) is 14.6. The van der Waals surface area contributed by atoms with Crippen molar-refractivity contribution in [1.29, 1.82) is 0 Å². The molecule has 1 aliphatic heterocycles. The highest BCUT2D eigenvalue weighted by Crippen LogP contribution is 2.29. The fourth-order valence-corrected chi connectivity index (χ4v) is 5.45. The zero-order chi connectivity index (χ0) is 30.0. The van der Waals surface area contributed by atoms with Gasteiger partial charge in [-0.25, -0.2) is 18.6 Å². The van der Waals surface area contributed by atoms with E-state index in [1.165, 1.54) is 45.9 Å². The van der Waals surface area contributed by atoms with Crippen LogP contribution < -0.4 is 4.90 Å². The molecule has 0 spiro atoms. The summed E-state index contributed by atoms with van der Waals surface area (Å²) in [7, 11) is 3.55. The van der Waals surface area contributed by atoms with E-state index in [4.69, 9.17) is 16.3 Å². The van der Waals surface area contributed by atoms with Crippen LogP contribution in [0, 0.1) is 12.7 Å². The lowest BCUT2D eigenvalue weighted by Gasteiger charge is -2.46. The molecule has 1 aromatic heterocycles. The molecule has 1 saturated heterocycles. The van der Waals surface area contributed by atoms with Crippen LogP contribution in [0.2, 0.25) is 5.02 Å². The summed E-state index contributed by atoms with van der Waals surface area (Å²) in [4.78, 5) is 23.5. The van der Waals surface area contributed by atoms with Gasteiger partial charge in [0.2, 0.25) is 0 Å². The number of carbonyl (C=O) groups is 1. The van der Waals surface area contributed by atoms with E-state index in [-0.39, 0.29) is 5.82 Å². The van der Waals surface area contributed by atoms with Crippen molar-refractivity contribution < 1.29 is 18.3 Å². The first kappa shape index (κ1) is 33.9. The normalized spacial score (nSPS) is 16.9. The Hall–Kier alpha value is -2.29. The minimum Gasteiger partial charge on any atom is -0.465 e. The summed E-state index contributed by atoms with van der Waals surface area (Å²) in [6.45, 7) is 16.4. The fourth-order valence-electron chi connectivity index (χ4n) is 5.17. The number of aryl methyl sites for hydroxylation is 1. The number of hydrogen-bond acceptors (Lipinski definition) is 6. The molecule has 2 unspecified atom stereocenters. The number of anilines is 1. The molecule has 224 valence electrons. The number of methoxy groups -OCH3 is 1. The number of carbonyl (C=O) groups excluding carboxylic acids is 1. The van der Waals surface area contributed by atoms with Crippen LogP contribution in [0.1, 0.15) is 75.4 Å². The van der Waals surface area contributed by atoms with Crippen LogP contribution in [-0.2, 0) is 10.4 Å². The van der Waals surface area contributed by atoms with E-state index in [0.717, 1.165) is 50.5 Å². The van der Waals surface area contributed by atoms with Gasteiger partial charge in [-0.3, -0.25) is 4.90 Å². The Morgan fingerprint density at radius 2 is 1.95 bits per heavy atom. The maximum absolute atomic E-state index is 13.4. The predicted octanol–water partition coefficient (Wildman–Crippen LogP) is 6.88. The standard InChI is InChI=1S/C21H35ClN4O2.C10H12F2/c1-6-17(9-10-24(4)8-3)26-12-11-25(15-18(26)7-2)20-19(22)13-16(14-23-20)21(27)28-5;1-7-4-5-8(11)6-9(7)10(2,3)12/h13-14,17-18H,6-12,15H2,1-5H3;4-6H,1-3H3. The van der Waals surface area contributed by atoms with Gasteiger partial charge in [0.1, 0.15) is 17.3 Å². The Kier molecular flexibility index (Phi) is 13.3. The van der Waals surface area contributed by atoms with Crippen LogP contribution in [0.15, 0.2) is 30.5 Å². The largest absolute Gasteiger partial charge is 0.465 e. The van der Waals surface area contributed by atoms with Crippen LogP contribution in [-0.4, -0.2) is 79.7 Å². The number of aromatic nitrogens is 1. The summed E-state index contributed by atoms with van der Waals surface area (Å²) in [5.41, 5.74) is 0.117. The molecule has 0 amide bonds. The summed E-state index contributed by atoms with van der Waals surface area (Å²) in [5.74, 6) is -0.0486. The van der Waals surface area contributed by atoms with E-state index in [2.05, 4.69) is 47.5 Å². The number of esters is 1. The number of pyridine rings is 1. The zero-order valence-corrected chi connectivity index (χ0v) is 26.2. The van der Waals surface area contributed by atoms with E-state index < -0.39 is 11.6 Å². The summed E-state index contributed by atoms with van der Waals surface area (Å²) >= 11 is 6.45. The molecule has 40 heavy (non-hydrogen) atoms. The molecule has 1 aliphatic rings. The molecule has 2 heterocycles. The smallest absolute Gasteiger partial charge is 0.339 e. The Labute approximate surface area is 244 Å². The quantitative estimate of drug-likeness (QED) is 0.285. The Bertz CT molecular complexity index is 1100. The molecule has 0 aliphatic carbocycles. The number of nitrogens with zero attached hydrogens (tertiary/aromatic N) is 4. The Balaban J connectivity index is 0.000000389. The fraction of sp³-hybridized carbons (Fsp3) is 0.613. The number of piperazine rings is 1. The van der Waals surface area contributed by atoms with E-state index >= 15 is 0 Å². The highest BCUT2D eigenvalue weighted by molar-refractivity contribution is 6.33. The van der Waals surface area contributed by atoms with Crippen molar-refractivity contribution >= 4 is 23.4 Å². The maximum atomic E-state index is 13.4. The molecule has 0 bridgehead atoms. The van der Waals surface area contributed by atoms with Gasteiger partial charge >= 0.3 is 5.97 Å². The van der Waals surface area contributed by atoms with Crippen molar-refractivity contribution in [3.05, 3.63) is 58.0 Å². The van der Waals surface area contributed by atoms with Gasteiger partial charge in [0.25, 0.3) is 0 Å². The number of halogens is 3. The van der Waals surface area contributed by atoms with E-state index in [0.29, 0.717) is 28.2 Å². The minimum atomic E-state index is -1.47. The lowest BCUT2D eigenvalue weighted by atomic mass is 9.95. The van der Waals surface area contributed by atoms with Gasteiger partial charge in [0, 0.05) is 37.9 Å². The monoisotopic (exact) mass is 580 g/mol. The highest BCUT2D eigenvalue weighted by atomic mass is 35.5. The van der Waals surface area contributed by atoms with Crippen molar-refractivity contribution in [2.45, 2.75) is 78.6 Å². The van der Waals surface area contributed by atoms with Gasteiger partial charge in [-0.2, -0.15) is 0 Å². The molecule has 1 fully saturated rings. The molecule has 6 nitrogen and oxygen atoms in total. The number of ether oxygens (including phenoxy) is 1. The average Bonchev–Trinajstić information content (AvgIpc) is 2.93. The highest BCUT2D eigenvalue weighted by Gasteiger charge is 2.31. The molecule has 0 saturated carbocycles. The molecular formula is C31H47ClF2N4O2. The molecule has 9 heteroatoms. The summed E-state index contributed by atoms with van der Waals surface area (Å²) in [5, 5.41) is 0.503. The van der Waals surface area contributed by atoms with Crippen LogP contribution in [0.4, 0.5) is 14.6 Å². The van der Waals surface area contributed by atoms with Crippen LogP contribution in [0.5, 0.6) is 0 Å². The first-order chi connectivity index (χ1) is 18.9. The van der Waals surface area contributed by atoms with Gasteiger partial charge in [-0.1, -0.05) is 38.4 Å². The second-order valence-corrected chi connectivity index (χ2v) is 11.4. The lowest BCUT2D eigenvalue weighted by Crippen LogP contribution is -2.57. The van der Waals surface area contributed by atoms with Gasteiger partial charge in [0.15, 0.2) is 0 Å². The van der Waals surface area contributed by atoms with Gasteiger partial charge < -0.3 is 14.5 Å². The van der Waals surface area contributed by atoms with Crippen molar-refractivity contribution in [3.63, 3.8) is 0 Å². The Morgan fingerprint density at radius 3 is 2.48 bits per heavy atom. The molecule has 0 radical (unpaired) electrons. The third kappa shape index (κ3) is 9.38. The van der Waals surface area contributed by atoms with E-state index in [1.54, 1.807) is 25.3 Å². The van der Waals surface area contributed by atoms with Gasteiger partial charge in [0.05, 0.1) is 17.7 Å². The van der Waals surface area contributed by atoms with Crippen LogP contribution in [0.3, 0.4) is 0 Å². The predicted molar refractivity (Wildman–Crippen MR) is 161 cm³/mol. The Morgan fingerprint density at radius 1 is 1.25 bits per heavy atom. The first-order valence-electron chi connectivity index (χ1n) is 14.2. The second-order valence-electron chi connectivity index (χ2n) is 10.9. The molecule has 0 N–H and O–H groups in total. The summed E-state index contributed by atoms with van der Waals surface area (Å²) < 4.78 is 30.9. The van der Waals surface area contributed by atoms with Gasteiger partial charge in [-0.15, -0.1) is 0 Å². The van der Waals surface area contributed by atoms with Crippen molar-refractivity contribution in [3.8, 4) is 0 Å². The molecule has 2 aromatic rings. The zero-order valence-electron chi connectivity index (χ0n) is 25.4. The number of alkyl halides is 1. The van der Waals surface area contributed by atoms with Crippen molar-refractivity contribution in [1.82, 2.24) is 14.8 Å². The molecule has 3 rings (SSSR count). The van der Waals surface area contributed by atoms with Gasteiger partial charge in [-0.05, 0) is 89.5 Å². The average molecular weight is 581 g/mol. The van der Waals surface area contributed by atoms with Crippen molar-refractivity contribution in [2.24, 2.45) is 0 Å². The van der Waals surface area contributed by atoms with Crippen LogP contribution in [0.25, 0.3) is 0 Å². The SMILES string of the molecule is CCC(CCN(C)CC)N1CCN(c2ncc(C(=O)OC)cc2Cl)CC1CC.Cc1ccc(F)cc1C(C)(C)F. The molecule has 1 aromatic carbocycles. The van der Waals surface area contributed by atoms with Crippen molar-refractivity contribution in [2.75, 3.05) is 51.8 Å². The number of rotatable bonds is 10. The molecule has 2 atom stereocenters. The third-order valence-corrected chi connectivity index (χ3v) is 7.98. The third-order valence-electron chi connectivity index (χ3n) is 7.71. The van der Waals surface area contributed by atoms with E-state index in [9.17, 15) is 13.6 Å². The number of benzene rings is 1. The van der Waals surface area contributed by atoms with Crippen LogP contribution >= 0.6 is 11.6 Å². The summed E-state index contributed by atoms with van der Waals surface area (Å²) in [6.07, 6.45) is 5.01. The minimum absolute atomic E-state index is 0.382. The second kappa shape index (κ2) is 15.6. The maximum Gasteiger partial charge on any atom is 0.339 e. The lowest BCUT2D eigenvalue weighted by molar-refractivity contribution is 0.0600. The van der Waals surface area contributed by atoms with E-state index in [1.807, 2.05) is 0 Å².